The Morgan fingerprint density at radius 2 is 1.53 bits per heavy atom. The van der Waals surface area contributed by atoms with Gasteiger partial charge in [-0.25, -0.2) is 4.79 Å². The summed E-state index contributed by atoms with van der Waals surface area (Å²) in [6, 6.07) is 0. The van der Waals surface area contributed by atoms with Crippen molar-refractivity contribution in [3.05, 3.63) is 0 Å². The summed E-state index contributed by atoms with van der Waals surface area (Å²) in [4.78, 5) is 21.9. The standard InChI is InChI=1S/C8H11BrF2O7S/c1-7(2,9)5(12)17-3-4-18-6(13)8(10,11)19(14,15)16/h3-4H2,1-2H3,(H,14,15,16). The molecule has 0 saturated carbocycles. The summed E-state index contributed by atoms with van der Waals surface area (Å²) >= 11 is 2.97. The number of halogens is 3. The predicted molar refractivity (Wildman–Crippen MR) is 61.4 cm³/mol. The molecule has 0 heterocycles. The van der Waals surface area contributed by atoms with Crippen LogP contribution in [0.2, 0.25) is 0 Å². The van der Waals surface area contributed by atoms with Gasteiger partial charge in [-0.1, -0.05) is 15.9 Å². The van der Waals surface area contributed by atoms with Crippen molar-refractivity contribution in [2.24, 2.45) is 0 Å². The first-order valence-electron chi connectivity index (χ1n) is 4.68. The zero-order valence-corrected chi connectivity index (χ0v) is 12.3. The average molecular weight is 369 g/mol. The van der Waals surface area contributed by atoms with Gasteiger partial charge in [0.2, 0.25) is 0 Å². The Labute approximate surface area is 116 Å². The van der Waals surface area contributed by atoms with Gasteiger partial charge in [0.15, 0.2) is 0 Å². The predicted octanol–water partition coefficient (Wildman–Crippen LogP) is 0.727. The van der Waals surface area contributed by atoms with Gasteiger partial charge >= 0.3 is 27.3 Å². The van der Waals surface area contributed by atoms with E-state index in [2.05, 4.69) is 25.4 Å². The highest BCUT2D eigenvalue weighted by atomic mass is 79.9. The number of carbonyl (C=O) groups is 2. The maximum Gasteiger partial charge on any atom is 0.465 e. The zero-order chi connectivity index (χ0) is 15.5. The van der Waals surface area contributed by atoms with Crippen molar-refractivity contribution in [2.45, 2.75) is 23.4 Å². The fourth-order valence-electron chi connectivity index (χ4n) is 0.630. The highest BCUT2D eigenvalue weighted by molar-refractivity contribution is 9.10. The lowest BCUT2D eigenvalue weighted by Crippen LogP contribution is -2.39. The Morgan fingerprint density at radius 3 is 1.84 bits per heavy atom. The highest BCUT2D eigenvalue weighted by Gasteiger charge is 2.54. The summed E-state index contributed by atoms with van der Waals surface area (Å²) in [5, 5.41) is -5.06. The van der Waals surface area contributed by atoms with Crippen LogP contribution in [0.3, 0.4) is 0 Å². The van der Waals surface area contributed by atoms with Crippen molar-refractivity contribution in [2.75, 3.05) is 13.2 Å². The lowest BCUT2D eigenvalue weighted by atomic mass is 10.2. The second-order valence-electron chi connectivity index (χ2n) is 3.74. The monoisotopic (exact) mass is 368 g/mol. The van der Waals surface area contributed by atoms with Crippen molar-refractivity contribution < 1.29 is 40.8 Å². The van der Waals surface area contributed by atoms with Gasteiger partial charge in [-0.2, -0.15) is 17.2 Å². The third kappa shape index (κ3) is 5.37. The topological polar surface area (TPSA) is 107 Å². The molecule has 11 heteroatoms. The lowest BCUT2D eigenvalue weighted by molar-refractivity contribution is -0.165. The van der Waals surface area contributed by atoms with E-state index in [1.165, 1.54) is 13.8 Å². The van der Waals surface area contributed by atoms with Crippen LogP contribution >= 0.6 is 15.9 Å². The van der Waals surface area contributed by atoms with E-state index < -0.39 is 44.8 Å². The molecule has 0 aromatic carbocycles. The number of alkyl halides is 3. The van der Waals surface area contributed by atoms with E-state index >= 15 is 0 Å². The van der Waals surface area contributed by atoms with E-state index in [1.54, 1.807) is 0 Å². The second-order valence-corrected chi connectivity index (χ2v) is 7.18. The fourth-order valence-corrected chi connectivity index (χ4v) is 1.01. The Hall–Kier alpha value is -0.810. The molecule has 0 unspecified atom stereocenters. The Bertz CT molecular complexity index is 454. The maximum absolute atomic E-state index is 12.7. The molecule has 0 saturated heterocycles. The number of rotatable bonds is 6. The summed E-state index contributed by atoms with van der Waals surface area (Å²) in [5.74, 6) is -3.19. The molecule has 0 radical (unpaired) electrons. The third-order valence-corrected chi connectivity index (χ3v) is 2.74. The van der Waals surface area contributed by atoms with Gasteiger partial charge in [-0.15, -0.1) is 0 Å². The lowest BCUT2D eigenvalue weighted by Gasteiger charge is -2.15. The largest absolute Gasteiger partial charge is 0.465 e. The molecule has 0 bridgehead atoms. The SMILES string of the molecule is CC(C)(Br)C(=O)OCCOC(=O)C(F)(F)S(=O)(=O)O. The molecule has 19 heavy (non-hydrogen) atoms. The molecule has 0 aromatic rings. The highest BCUT2D eigenvalue weighted by Crippen LogP contribution is 2.22. The van der Waals surface area contributed by atoms with Crippen LogP contribution in [-0.2, 0) is 29.2 Å². The third-order valence-electron chi connectivity index (χ3n) is 1.60. The summed E-state index contributed by atoms with van der Waals surface area (Å²) < 4.78 is 61.2. The van der Waals surface area contributed by atoms with Gasteiger partial charge in [-0.05, 0) is 13.8 Å². The maximum atomic E-state index is 12.7. The van der Waals surface area contributed by atoms with Crippen molar-refractivity contribution in [1.82, 2.24) is 0 Å². The molecule has 0 aliphatic rings. The van der Waals surface area contributed by atoms with Gasteiger partial charge in [0.25, 0.3) is 0 Å². The minimum absolute atomic E-state index is 0.541. The van der Waals surface area contributed by atoms with E-state index in [0.717, 1.165) is 0 Å². The number of hydrogen-bond donors (Lipinski definition) is 1. The van der Waals surface area contributed by atoms with Crippen molar-refractivity contribution >= 4 is 38.0 Å². The summed E-state index contributed by atoms with van der Waals surface area (Å²) in [5.41, 5.74) is 0. The minimum Gasteiger partial charge on any atom is -0.461 e. The molecule has 7 nitrogen and oxygen atoms in total. The van der Waals surface area contributed by atoms with Crippen LogP contribution in [0.4, 0.5) is 8.78 Å². The summed E-state index contributed by atoms with van der Waals surface area (Å²) in [6.07, 6.45) is 0. The van der Waals surface area contributed by atoms with Crippen LogP contribution in [0.15, 0.2) is 0 Å². The van der Waals surface area contributed by atoms with Crippen LogP contribution in [0.1, 0.15) is 13.8 Å². The molecule has 0 aromatic heterocycles. The van der Waals surface area contributed by atoms with Gasteiger partial charge < -0.3 is 9.47 Å². The van der Waals surface area contributed by atoms with Crippen LogP contribution in [0, 0.1) is 0 Å². The first-order chi connectivity index (χ1) is 8.30. The van der Waals surface area contributed by atoms with Crippen LogP contribution in [-0.4, -0.2) is 47.7 Å². The van der Waals surface area contributed by atoms with E-state index in [1.807, 2.05) is 0 Å². The second kappa shape index (κ2) is 6.09. The van der Waals surface area contributed by atoms with Gasteiger partial charge in [0.1, 0.15) is 17.5 Å². The van der Waals surface area contributed by atoms with Crippen molar-refractivity contribution in [3.8, 4) is 0 Å². The molecule has 0 fully saturated rings. The van der Waals surface area contributed by atoms with E-state index in [0.29, 0.717) is 0 Å². The van der Waals surface area contributed by atoms with Crippen molar-refractivity contribution in [3.63, 3.8) is 0 Å². The minimum atomic E-state index is -5.90. The normalized spacial score (nSPS) is 12.9. The molecule has 0 aliphatic heterocycles. The number of hydrogen-bond acceptors (Lipinski definition) is 6. The molecular weight excluding hydrogens is 358 g/mol. The molecule has 112 valence electrons. The van der Waals surface area contributed by atoms with Crippen molar-refractivity contribution in [1.29, 1.82) is 0 Å². The van der Waals surface area contributed by atoms with E-state index in [-0.39, 0.29) is 0 Å². The first kappa shape index (κ1) is 18.2. The summed E-state index contributed by atoms with van der Waals surface area (Å²) in [7, 11) is -5.90. The number of esters is 2. The fraction of sp³-hybridized carbons (Fsp3) is 0.750. The quantitative estimate of drug-likeness (QED) is 0.318. The number of ether oxygens (including phenoxy) is 2. The van der Waals surface area contributed by atoms with Crippen LogP contribution in [0.5, 0.6) is 0 Å². The van der Waals surface area contributed by atoms with Gasteiger partial charge in [0.05, 0.1) is 0 Å². The molecule has 0 spiro atoms. The average Bonchev–Trinajstić information content (AvgIpc) is 2.20. The van der Waals surface area contributed by atoms with Crippen LogP contribution in [0.25, 0.3) is 0 Å². The molecule has 0 amide bonds. The molecule has 0 rings (SSSR count). The summed E-state index contributed by atoms with van der Waals surface area (Å²) in [6.45, 7) is 1.61. The smallest absolute Gasteiger partial charge is 0.461 e. The van der Waals surface area contributed by atoms with Gasteiger partial charge in [0, 0.05) is 0 Å². The molecule has 0 atom stereocenters. The Kier molecular flexibility index (Phi) is 5.83. The Morgan fingerprint density at radius 1 is 1.16 bits per heavy atom. The zero-order valence-electron chi connectivity index (χ0n) is 9.85. The Balaban J connectivity index is 4.25. The first-order valence-corrected chi connectivity index (χ1v) is 6.91. The van der Waals surface area contributed by atoms with E-state index in [4.69, 9.17) is 4.55 Å². The molecule has 1 N–H and O–H groups in total. The molecular formula is C8H11BrF2O7S. The van der Waals surface area contributed by atoms with Gasteiger partial charge in [-0.3, -0.25) is 9.35 Å². The van der Waals surface area contributed by atoms with E-state index in [9.17, 15) is 26.8 Å². The van der Waals surface area contributed by atoms with Crippen LogP contribution < -0.4 is 0 Å². The number of carbonyl (C=O) groups excluding carboxylic acids is 2. The molecule has 0 aliphatic carbocycles.